The molecule has 0 saturated carbocycles. The topological polar surface area (TPSA) is 49.8 Å². The Hall–Kier alpha value is -2.49. The minimum Gasteiger partial charge on any atom is -0.486 e. The Morgan fingerprint density at radius 2 is 1.95 bits per heavy atom. The molecule has 3 rings (SSSR count). The van der Waals surface area contributed by atoms with Crippen molar-refractivity contribution in [2.75, 3.05) is 11.4 Å². The number of benzene rings is 2. The second-order valence-corrected chi connectivity index (χ2v) is 5.50. The molecule has 1 N–H and O–H groups in total. The third-order valence-electron chi connectivity index (χ3n) is 3.95. The molecule has 2 aromatic carbocycles. The molecule has 1 atom stereocenters. The highest BCUT2D eigenvalue weighted by molar-refractivity contribution is 5.87. The van der Waals surface area contributed by atoms with E-state index < -0.39 is 5.97 Å². The van der Waals surface area contributed by atoms with Gasteiger partial charge in [0.25, 0.3) is 0 Å². The van der Waals surface area contributed by atoms with Crippen LogP contribution in [-0.2, 0) is 6.54 Å². The highest BCUT2D eigenvalue weighted by Crippen LogP contribution is 2.34. The second kappa shape index (κ2) is 6.10. The van der Waals surface area contributed by atoms with Gasteiger partial charge in [0.2, 0.25) is 0 Å². The van der Waals surface area contributed by atoms with Gasteiger partial charge in [0, 0.05) is 6.54 Å². The molecule has 1 unspecified atom stereocenters. The summed E-state index contributed by atoms with van der Waals surface area (Å²) in [6.07, 6.45) is 1.15. The Bertz CT molecular complexity index is 666. The van der Waals surface area contributed by atoms with E-state index in [-0.39, 0.29) is 6.10 Å². The van der Waals surface area contributed by atoms with Gasteiger partial charge in [-0.25, -0.2) is 4.79 Å². The van der Waals surface area contributed by atoms with Crippen molar-refractivity contribution in [2.24, 2.45) is 0 Å². The first-order valence-corrected chi connectivity index (χ1v) is 7.50. The maximum absolute atomic E-state index is 10.9. The van der Waals surface area contributed by atoms with E-state index in [0.717, 1.165) is 36.5 Å². The molecule has 0 saturated heterocycles. The van der Waals surface area contributed by atoms with Crippen LogP contribution in [-0.4, -0.2) is 23.7 Å². The van der Waals surface area contributed by atoms with Gasteiger partial charge in [-0.2, -0.15) is 0 Å². The van der Waals surface area contributed by atoms with E-state index in [1.165, 1.54) is 0 Å². The molecule has 2 aromatic rings. The molecule has 1 aliphatic heterocycles. The van der Waals surface area contributed by atoms with E-state index in [4.69, 9.17) is 9.84 Å². The van der Waals surface area contributed by atoms with Gasteiger partial charge in [-0.05, 0) is 36.2 Å². The number of hydrogen-bond acceptors (Lipinski definition) is 3. The standard InChI is InChI=1S/C18H19NO3/c1-2-15-12-19(16-5-3-4-6-17(16)22-15)11-13-7-9-14(10-8-13)18(20)21/h3-10,15H,2,11-12H2,1H3,(H,20,21). The third-order valence-corrected chi connectivity index (χ3v) is 3.95. The maximum Gasteiger partial charge on any atom is 0.335 e. The molecule has 0 bridgehead atoms. The molecular weight excluding hydrogens is 278 g/mol. The van der Waals surface area contributed by atoms with Crippen LogP contribution in [0.2, 0.25) is 0 Å². The molecule has 114 valence electrons. The van der Waals surface area contributed by atoms with Crippen molar-refractivity contribution in [1.29, 1.82) is 0 Å². The summed E-state index contributed by atoms with van der Waals surface area (Å²) < 4.78 is 5.98. The van der Waals surface area contributed by atoms with Gasteiger partial charge in [0.1, 0.15) is 11.9 Å². The fourth-order valence-electron chi connectivity index (χ4n) is 2.71. The van der Waals surface area contributed by atoms with Crippen molar-refractivity contribution in [3.05, 3.63) is 59.7 Å². The number of carboxylic acid groups (broad SMARTS) is 1. The van der Waals surface area contributed by atoms with Gasteiger partial charge in [0.15, 0.2) is 0 Å². The van der Waals surface area contributed by atoms with Crippen LogP contribution >= 0.6 is 0 Å². The molecule has 22 heavy (non-hydrogen) atoms. The molecule has 4 heteroatoms. The van der Waals surface area contributed by atoms with Gasteiger partial charge in [0.05, 0.1) is 17.8 Å². The Labute approximate surface area is 130 Å². The first-order chi connectivity index (χ1) is 10.7. The van der Waals surface area contributed by atoms with Crippen LogP contribution in [0.25, 0.3) is 0 Å². The van der Waals surface area contributed by atoms with Crippen LogP contribution in [0.4, 0.5) is 5.69 Å². The zero-order chi connectivity index (χ0) is 15.5. The molecule has 0 aliphatic carbocycles. The average molecular weight is 297 g/mol. The van der Waals surface area contributed by atoms with E-state index in [2.05, 4.69) is 17.9 Å². The fourth-order valence-corrected chi connectivity index (χ4v) is 2.71. The van der Waals surface area contributed by atoms with Crippen LogP contribution in [0.15, 0.2) is 48.5 Å². The molecule has 0 aromatic heterocycles. The number of fused-ring (bicyclic) bond motifs is 1. The molecule has 0 radical (unpaired) electrons. The summed E-state index contributed by atoms with van der Waals surface area (Å²) in [5.74, 6) is 0.0251. The van der Waals surface area contributed by atoms with E-state index in [0.29, 0.717) is 5.56 Å². The van der Waals surface area contributed by atoms with Crippen molar-refractivity contribution in [2.45, 2.75) is 26.0 Å². The molecule has 0 amide bonds. The van der Waals surface area contributed by atoms with Gasteiger partial charge in [-0.3, -0.25) is 0 Å². The summed E-state index contributed by atoms with van der Waals surface area (Å²) in [4.78, 5) is 13.2. The van der Waals surface area contributed by atoms with Crippen LogP contribution in [0.5, 0.6) is 5.75 Å². The molecule has 0 spiro atoms. The molecular formula is C18H19NO3. The quantitative estimate of drug-likeness (QED) is 0.937. The van der Waals surface area contributed by atoms with Gasteiger partial charge < -0.3 is 14.7 Å². The number of para-hydroxylation sites is 2. The summed E-state index contributed by atoms with van der Waals surface area (Å²) in [6, 6.07) is 15.1. The van der Waals surface area contributed by atoms with Crippen molar-refractivity contribution in [3.8, 4) is 5.75 Å². The summed E-state index contributed by atoms with van der Waals surface area (Å²) in [7, 11) is 0. The number of nitrogens with zero attached hydrogens (tertiary/aromatic N) is 1. The first kappa shape index (κ1) is 14.4. The lowest BCUT2D eigenvalue weighted by Crippen LogP contribution is -2.39. The Kier molecular flexibility index (Phi) is 4.00. The number of carbonyl (C=O) groups is 1. The predicted molar refractivity (Wildman–Crippen MR) is 85.6 cm³/mol. The number of carboxylic acids is 1. The van der Waals surface area contributed by atoms with Crippen LogP contribution in [0.1, 0.15) is 29.3 Å². The first-order valence-electron chi connectivity index (χ1n) is 7.50. The van der Waals surface area contributed by atoms with Gasteiger partial charge in [-0.15, -0.1) is 0 Å². The van der Waals surface area contributed by atoms with Gasteiger partial charge in [-0.1, -0.05) is 31.2 Å². The smallest absolute Gasteiger partial charge is 0.335 e. The van der Waals surface area contributed by atoms with Crippen molar-refractivity contribution in [3.63, 3.8) is 0 Å². The van der Waals surface area contributed by atoms with E-state index in [1.807, 2.05) is 30.3 Å². The summed E-state index contributed by atoms with van der Waals surface area (Å²) >= 11 is 0. The molecule has 1 heterocycles. The minimum absolute atomic E-state index is 0.188. The highest BCUT2D eigenvalue weighted by atomic mass is 16.5. The van der Waals surface area contributed by atoms with E-state index in [1.54, 1.807) is 12.1 Å². The predicted octanol–water partition coefficient (Wildman–Crippen LogP) is 3.56. The Morgan fingerprint density at radius 3 is 2.64 bits per heavy atom. The van der Waals surface area contributed by atoms with Crippen LogP contribution < -0.4 is 9.64 Å². The van der Waals surface area contributed by atoms with Crippen molar-refractivity contribution < 1.29 is 14.6 Å². The van der Waals surface area contributed by atoms with Crippen molar-refractivity contribution in [1.82, 2.24) is 0 Å². The SMILES string of the molecule is CCC1CN(Cc2ccc(C(=O)O)cc2)c2ccccc2O1. The fraction of sp³-hybridized carbons (Fsp3) is 0.278. The number of ether oxygens (including phenoxy) is 1. The number of anilines is 1. The molecule has 4 nitrogen and oxygen atoms in total. The summed E-state index contributed by atoms with van der Waals surface area (Å²) in [5, 5.41) is 8.97. The largest absolute Gasteiger partial charge is 0.486 e. The number of rotatable bonds is 4. The number of hydrogen-bond donors (Lipinski definition) is 1. The number of aromatic carboxylic acids is 1. The second-order valence-electron chi connectivity index (χ2n) is 5.50. The van der Waals surface area contributed by atoms with Crippen LogP contribution in [0.3, 0.4) is 0 Å². The van der Waals surface area contributed by atoms with Crippen LogP contribution in [0, 0.1) is 0 Å². The molecule has 1 aliphatic rings. The monoisotopic (exact) mass is 297 g/mol. The third kappa shape index (κ3) is 2.91. The summed E-state index contributed by atoms with van der Waals surface area (Å²) in [5.41, 5.74) is 2.50. The molecule has 0 fully saturated rings. The Balaban J connectivity index is 1.83. The zero-order valence-corrected chi connectivity index (χ0v) is 12.5. The lowest BCUT2D eigenvalue weighted by Gasteiger charge is -2.36. The lowest BCUT2D eigenvalue weighted by atomic mass is 10.1. The average Bonchev–Trinajstić information content (AvgIpc) is 2.55. The van der Waals surface area contributed by atoms with E-state index >= 15 is 0 Å². The zero-order valence-electron chi connectivity index (χ0n) is 12.5. The van der Waals surface area contributed by atoms with E-state index in [9.17, 15) is 4.79 Å². The summed E-state index contributed by atoms with van der Waals surface area (Å²) in [6.45, 7) is 3.71. The maximum atomic E-state index is 10.9. The van der Waals surface area contributed by atoms with Crippen molar-refractivity contribution >= 4 is 11.7 Å². The van der Waals surface area contributed by atoms with Gasteiger partial charge >= 0.3 is 5.97 Å². The lowest BCUT2D eigenvalue weighted by molar-refractivity contribution is 0.0697. The Morgan fingerprint density at radius 1 is 1.23 bits per heavy atom. The minimum atomic E-state index is -0.894. The normalized spacial score (nSPS) is 16.8. The highest BCUT2D eigenvalue weighted by Gasteiger charge is 2.24.